The lowest BCUT2D eigenvalue weighted by molar-refractivity contribution is -0.156. The van der Waals surface area contributed by atoms with Crippen LogP contribution < -0.4 is 0 Å². The Morgan fingerprint density at radius 1 is 1.57 bits per heavy atom. The molecule has 1 aliphatic heterocycles. The molecule has 4 heteroatoms. The van der Waals surface area contributed by atoms with Gasteiger partial charge in [-0.1, -0.05) is 6.58 Å². The van der Waals surface area contributed by atoms with Gasteiger partial charge in [-0.15, -0.1) is 0 Å². The largest absolute Gasteiger partial charge is 0.458 e. The van der Waals surface area contributed by atoms with Crippen LogP contribution in [0.4, 0.5) is 0 Å². The second-order valence-electron chi connectivity index (χ2n) is 3.66. The van der Waals surface area contributed by atoms with Crippen molar-refractivity contribution in [2.24, 2.45) is 5.92 Å². The molecule has 2 aliphatic rings. The van der Waals surface area contributed by atoms with E-state index >= 15 is 0 Å². The van der Waals surface area contributed by atoms with Crippen LogP contribution in [0.25, 0.3) is 0 Å². The van der Waals surface area contributed by atoms with E-state index in [2.05, 4.69) is 6.58 Å². The van der Waals surface area contributed by atoms with Gasteiger partial charge in [-0.2, -0.15) is 0 Å². The summed E-state index contributed by atoms with van der Waals surface area (Å²) in [4.78, 5) is 22.1. The number of carbonyl (C=O) groups is 2. The minimum atomic E-state index is -0.448. The normalized spacial score (nSPS) is 34.9. The molecule has 0 N–H and O–H groups in total. The summed E-state index contributed by atoms with van der Waals surface area (Å²) in [5.41, 5.74) is 0. The van der Waals surface area contributed by atoms with E-state index in [4.69, 9.17) is 9.47 Å². The van der Waals surface area contributed by atoms with Gasteiger partial charge in [0.1, 0.15) is 12.2 Å². The van der Waals surface area contributed by atoms with Gasteiger partial charge in [0.25, 0.3) is 0 Å². The maximum atomic E-state index is 11.2. The molecule has 0 spiro atoms. The fourth-order valence-electron chi connectivity index (χ4n) is 2.02. The second kappa shape index (κ2) is 3.44. The van der Waals surface area contributed by atoms with E-state index < -0.39 is 5.97 Å². The van der Waals surface area contributed by atoms with Crippen molar-refractivity contribution in [2.45, 2.75) is 31.5 Å². The van der Waals surface area contributed by atoms with Crippen molar-refractivity contribution in [3.63, 3.8) is 0 Å². The Bertz CT molecular complexity index is 284. The number of hydrogen-bond acceptors (Lipinski definition) is 4. The fraction of sp³-hybridized carbons (Fsp3) is 0.600. The number of carbonyl (C=O) groups excluding carboxylic acids is 2. The van der Waals surface area contributed by atoms with Gasteiger partial charge in [-0.05, 0) is 12.8 Å². The molecule has 0 aromatic carbocycles. The molecule has 1 aliphatic carbocycles. The summed E-state index contributed by atoms with van der Waals surface area (Å²) in [6.07, 6.45) is 2.77. The van der Waals surface area contributed by atoms with Crippen LogP contribution in [0.5, 0.6) is 0 Å². The van der Waals surface area contributed by atoms with Crippen LogP contribution in [-0.4, -0.2) is 24.1 Å². The summed E-state index contributed by atoms with van der Waals surface area (Å²) in [6.45, 7) is 3.32. The molecule has 1 saturated heterocycles. The molecule has 0 amide bonds. The van der Waals surface area contributed by atoms with Crippen molar-refractivity contribution in [3.05, 3.63) is 12.7 Å². The van der Waals surface area contributed by atoms with E-state index in [1.807, 2.05) is 0 Å². The minimum absolute atomic E-state index is 0.0266. The molecule has 0 aromatic rings. The first-order valence-electron chi connectivity index (χ1n) is 4.74. The van der Waals surface area contributed by atoms with Crippen LogP contribution in [0, 0.1) is 5.92 Å². The molecular formula is C10H12O4. The van der Waals surface area contributed by atoms with Crippen LogP contribution in [0.2, 0.25) is 0 Å². The molecule has 76 valence electrons. The molecule has 1 heterocycles. The number of fused-ring (bicyclic) bond motifs is 2. The smallest absolute Gasteiger partial charge is 0.330 e. The van der Waals surface area contributed by atoms with E-state index in [0.717, 1.165) is 12.5 Å². The first-order valence-corrected chi connectivity index (χ1v) is 4.74. The van der Waals surface area contributed by atoms with Gasteiger partial charge >= 0.3 is 11.9 Å². The lowest BCUT2D eigenvalue weighted by atomic mass is 9.88. The van der Waals surface area contributed by atoms with Gasteiger partial charge in [0.2, 0.25) is 0 Å². The van der Waals surface area contributed by atoms with Crippen molar-refractivity contribution in [1.29, 1.82) is 0 Å². The standard InChI is InChI=1S/C10H12O4/c1-2-9(11)13-7-4-3-6-5-8(7)14-10(6)12/h2,6-8H,1,3-5H2. The molecule has 3 atom stereocenters. The summed E-state index contributed by atoms with van der Waals surface area (Å²) in [7, 11) is 0. The third-order valence-electron chi connectivity index (χ3n) is 2.77. The van der Waals surface area contributed by atoms with Crippen LogP contribution >= 0.6 is 0 Å². The second-order valence-corrected chi connectivity index (χ2v) is 3.66. The predicted molar refractivity (Wildman–Crippen MR) is 47.3 cm³/mol. The Morgan fingerprint density at radius 3 is 3.07 bits per heavy atom. The van der Waals surface area contributed by atoms with E-state index in [-0.39, 0.29) is 24.1 Å². The van der Waals surface area contributed by atoms with Gasteiger partial charge in [0.05, 0.1) is 5.92 Å². The third-order valence-corrected chi connectivity index (χ3v) is 2.77. The lowest BCUT2D eigenvalue weighted by Crippen LogP contribution is -2.33. The Labute approximate surface area is 81.9 Å². The molecule has 14 heavy (non-hydrogen) atoms. The van der Waals surface area contributed by atoms with E-state index in [9.17, 15) is 9.59 Å². The van der Waals surface area contributed by atoms with Gasteiger partial charge in [-0.3, -0.25) is 4.79 Å². The van der Waals surface area contributed by atoms with E-state index in [1.54, 1.807) is 0 Å². The molecule has 0 aromatic heterocycles. The van der Waals surface area contributed by atoms with Crippen LogP contribution in [-0.2, 0) is 19.1 Å². The Morgan fingerprint density at radius 2 is 2.36 bits per heavy atom. The van der Waals surface area contributed by atoms with Crippen molar-refractivity contribution in [3.8, 4) is 0 Å². The molecule has 2 rings (SSSR count). The highest BCUT2D eigenvalue weighted by Crippen LogP contribution is 2.35. The van der Waals surface area contributed by atoms with Gasteiger partial charge in [0, 0.05) is 12.5 Å². The third kappa shape index (κ3) is 1.52. The highest BCUT2D eigenvalue weighted by molar-refractivity contribution is 5.81. The molecule has 2 fully saturated rings. The summed E-state index contributed by atoms with van der Waals surface area (Å²) < 4.78 is 10.2. The van der Waals surface area contributed by atoms with Crippen molar-refractivity contribution >= 4 is 11.9 Å². The maximum Gasteiger partial charge on any atom is 0.330 e. The molecule has 0 radical (unpaired) electrons. The quantitative estimate of drug-likeness (QED) is 0.484. The van der Waals surface area contributed by atoms with Crippen molar-refractivity contribution < 1.29 is 19.1 Å². The van der Waals surface area contributed by atoms with Crippen LogP contribution in [0.15, 0.2) is 12.7 Å². The zero-order chi connectivity index (χ0) is 10.1. The Hall–Kier alpha value is -1.32. The summed E-state index contributed by atoms with van der Waals surface area (Å²) in [5, 5.41) is 0. The maximum absolute atomic E-state index is 11.2. The molecule has 2 bridgehead atoms. The predicted octanol–water partition coefficient (Wildman–Crippen LogP) is 0.810. The van der Waals surface area contributed by atoms with E-state index in [0.29, 0.717) is 12.8 Å². The van der Waals surface area contributed by atoms with Gasteiger partial charge in [-0.25, -0.2) is 4.79 Å². The summed E-state index contributed by atoms with van der Waals surface area (Å²) >= 11 is 0. The molecule has 1 saturated carbocycles. The number of hydrogen-bond donors (Lipinski definition) is 0. The van der Waals surface area contributed by atoms with Crippen molar-refractivity contribution in [1.82, 2.24) is 0 Å². The number of ether oxygens (including phenoxy) is 2. The highest BCUT2D eigenvalue weighted by Gasteiger charge is 2.44. The van der Waals surface area contributed by atoms with Gasteiger partial charge < -0.3 is 9.47 Å². The van der Waals surface area contributed by atoms with E-state index in [1.165, 1.54) is 0 Å². The molecule has 4 nitrogen and oxygen atoms in total. The van der Waals surface area contributed by atoms with Crippen LogP contribution in [0.3, 0.4) is 0 Å². The molecule has 3 unspecified atom stereocenters. The first-order chi connectivity index (χ1) is 6.70. The first kappa shape index (κ1) is 9.24. The Kier molecular flexibility index (Phi) is 2.27. The van der Waals surface area contributed by atoms with Gasteiger partial charge in [0.15, 0.2) is 0 Å². The van der Waals surface area contributed by atoms with Crippen LogP contribution in [0.1, 0.15) is 19.3 Å². The zero-order valence-corrected chi connectivity index (χ0v) is 7.77. The topological polar surface area (TPSA) is 52.6 Å². The SMILES string of the molecule is C=CC(=O)OC1CCC2CC1OC2=O. The fourth-order valence-corrected chi connectivity index (χ4v) is 2.02. The Balaban J connectivity index is 1.98. The monoisotopic (exact) mass is 196 g/mol. The highest BCUT2D eigenvalue weighted by atomic mass is 16.6. The summed E-state index contributed by atoms with van der Waals surface area (Å²) in [5.74, 6) is -0.567. The summed E-state index contributed by atoms with van der Waals surface area (Å²) in [6, 6.07) is 0. The lowest BCUT2D eigenvalue weighted by Gasteiger charge is -2.24. The number of rotatable bonds is 2. The average Bonchev–Trinajstić information content (AvgIpc) is 2.48. The number of esters is 2. The zero-order valence-electron chi connectivity index (χ0n) is 7.77. The van der Waals surface area contributed by atoms with Crippen molar-refractivity contribution in [2.75, 3.05) is 0 Å². The average molecular weight is 196 g/mol. The minimum Gasteiger partial charge on any atom is -0.458 e. The molecular weight excluding hydrogens is 184 g/mol.